The fourth-order valence-electron chi connectivity index (χ4n) is 2.82. The number of ether oxygens (including phenoxy) is 1. The standard InChI is InChI=1S/C16H32N2O2/c1-6-9-17-14-8-10-18(12-13(14)7-2)15(19)11-16(3,4)20-5/h13-14,17H,6-12H2,1-5H3. The van der Waals surface area contributed by atoms with Gasteiger partial charge in [0.05, 0.1) is 12.0 Å². The molecule has 1 N–H and O–H groups in total. The Labute approximate surface area is 124 Å². The lowest BCUT2D eigenvalue weighted by molar-refractivity contribution is -0.138. The van der Waals surface area contributed by atoms with E-state index in [1.54, 1.807) is 7.11 Å². The first-order valence-electron chi connectivity index (χ1n) is 7.99. The van der Waals surface area contributed by atoms with Gasteiger partial charge in [-0.3, -0.25) is 4.79 Å². The molecule has 2 atom stereocenters. The lowest BCUT2D eigenvalue weighted by atomic mass is 9.89. The number of hydrogen-bond acceptors (Lipinski definition) is 3. The second-order valence-electron chi connectivity index (χ2n) is 6.50. The van der Waals surface area contributed by atoms with Crippen LogP contribution in [0.3, 0.4) is 0 Å². The molecule has 0 aromatic rings. The average Bonchev–Trinajstić information content (AvgIpc) is 2.44. The molecular formula is C16H32N2O2. The third-order valence-corrected chi connectivity index (χ3v) is 4.40. The zero-order valence-electron chi connectivity index (χ0n) is 13.9. The maximum atomic E-state index is 12.4. The van der Waals surface area contributed by atoms with E-state index in [-0.39, 0.29) is 11.5 Å². The van der Waals surface area contributed by atoms with Crippen molar-refractivity contribution in [3.63, 3.8) is 0 Å². The van der Waals surface area contributed by atoms with E-state index in [1.165, 1.54) is 0 Å². The lowest BCUT2D eigenvalue weighted by Crippen LogP contribution is -2.52. The molecule has 4 heteroatoms. The molecular weight excluding hydrogens is 252 g/mol. The first-order valence-corrected chi connectivity index (χ1v) is 7.99. The average molecular weight is 284 g/mol. The van der Waals surface area contributed by atoms with Gasteiger partial charge in [0.2, 0.25) is 5.91 Å². The van der Waals surface area contributed by atoms with Crippen LogP contribution in [0.1, 0.15) is 53.4 Å². The summed E-state index contributed by atoms with van der Waals surface area (Å²) in [6.07, 6.45) is 3.82. The summed E-state index contributed by atoms with van der Waals surface area (Å²) >= 11 is 0. The van der Waals surface area contributed by atoms with Crippen molar-refractivity contribution >= 4 is 5.91 Å². The van der Waals surface area contributed by atoms with Gasteiger partial charge < -0.3 is 15.0 Å². The zero-order valence-corrected chi connectivity index (χ0v) is 13.9. The molecule has 1 fully saturated rings. The van der Waals surface area contributed by atoms with Crippen molar-refractivity contribution < 1.29 is 9.53 Å². The van der Waals surface area contributed by atoms with Gasteiger partial charge in [0.25, 0.3) is 0 Å². The molecule has 1 rings (SSSR count). The molecule has 2 unspecified atom stereocenters. The molecule has 1 aliphatic rings. The molecule has 0 radical (unpaired) electrons. The van der Waals surface area contributed by atoms with Crippen LogP contribution < -0.4 is 5.32 Å². The number of nitrogens with zero attached hydrogens (tertiary/aromatic N) is 1. The van der Waals surface area contributed by atoms with Gasteiger partial charge in [0, 0.05) is 26.2 Å². The predicted octanol–water partition coefficient (Wildman–Crippen LogP) is 2.43. The van der Waals surface area contributed by atoms with Crippen molar-refractivity contribution in [3.05, 3.63) is 0 Å². The Kier molecular flexibility index (Phi) is 6.96. The van der Waals surface area contributed by atoms with Crippen LogP contribution in [0.2, 0.25) is 0 Å². The summed E-state index contributed by atoms with van der Waals surface area (Å²) in [5, 5.41) is 3.63. The molecule has 20 heavy (non-hydrogen) atoms. The van der Waals surface area contributed by atoms with Crippen molar-refractivity contribution in [2.75, 3.05) is 26.7 Å². The molecule has 1 saturated heterocycles. The van der Waals surface area contributed by atoms with Crippen LogP contribution >= 0.6 is 0 Å². The lowest BCUT2D eigenvalue weighted by Gasteiger charge is -2.39. The highest BCUT2D eigenvalue weighted by Gasteiger charge is 2.32. The summed E-state index contributed by atoms with van der Waals surface area (Å²) in [5.41, 5.74) is -0.365. The minimum absolute atomic E-state index is 0.226. The van der Waals surface area contributed by atoms with E-state index in [9.17, 15) is 4.79 Å². The van der Waals surface area contributed by atoms with Gasteiger partial charge in [-0.05, 0) is 39.2 Å². The number of carbonyl (C=O) groups is 1. The molecule has 0 aliphatic carbocycles. The van der Waals surface area contributed by atoms with Crippen LogP contribution in [0.15, 0.2) is 0 Å². The number of amides is 1. The van der Waals surface area contributed by atoms with E-state index in [2.05, 4.69) is 19.2 Å². The number of rotatable bonds is 7. The quantitative estimate of drug-likeness (QED) is 0.780. The minimum atomic E-state index is -0.365. The monoisotopic (exact) mass is 284 g/mol. The molecule has 1 amide bonds. The molecule has 0 aromatic heterocycles. The summed E-state index contributed by atoms with van der Waals surface area (Å²) in [4.78, 5) is 14.4. The normalized spacial score (nSPS) is 23.9. The SMILES string of the molecule is CCCNC1CCN(C(=O)CC(C)(C)OC)CC1CC. The molecule has 0 aromatic carbocycles. The molecule has 0 saturated carbocycles. The summed E-state index contributed by atoms with van der Waals surface area (Å²) in [5.74, 6) is 0.800. The van der Waals surface area contributed by atoms with E-state index in [0.717, 1.165) is 38.9 Å². The number of piperidine rings is 1. The van der Waals surface area contributed by atoms with Crippen molar-refractivity contribution in [1.29, 1.82) is 0 Å². The first-order chi connectivity index (χ1) is 9.43. The van der Waals surface area contributed by atoms with Crippen LogP contribution in [-0.2, 0) is 9.53 Å². The van der Waals surface area contributed by atoms with Crippen LogP contribution in [-0.4, -0.2) is 49.2 Å². The van der Waals surface area contributed by atoms with Crippen molar-refractivity contribution in [2.24, 2.45) is 5.92 Å². The number of nitrogens with one attached hydrogen (secondary N) is 1. The second kappa shape index (κ2) is 7.99. The fourth-order valence-corrected chi connectivity index (χ4v) is 2.82. The third-order valence-electron chi connectivity index (χ3n) is 4.40. The van der Waals surface area contributed by atoms with Gasteiger partial charge in [0.15, 0.2) is 0 Å². The van der Waals surface area contributed by atoms with Crippen LogP contribution in [0.25, 0.3) is 0 Å². The first kappa shape index (κ1) is 17.4. The van der Waals surface area contributed by atoms with Crippen molar-refractivity contribution in [2.45, 2.75) is 65.0 Å². The summed E-state index contributed by atoms with van der Waals surface area (Å²) in [6, 6.07) is 0.569. The maximum Gasteiger partial charge on any atom is 0.225 e. The van der Waals surface area contributed by atoms with Crippen molar-refractivity contribution in [1.82, 2.24) is 10.2 Å². The highest BCUT2D eigenvalue weighted by atomic mass is 16.5. The molecule has 118 valence electrons. The number of carbonyl (C=O) groups excluding carboxylic acids is 1. The summed E-state index contributed by atoms with van der Waals surface area (Å²) < 4.78 is 5.37. The van der Waals surface area contributed by atoms with Crippen LogP contribution in [0.5, 0.6) is 0 Å². The largest absolute Gasteiger partial charge is 0.378 e. The van der Waals surface area contributed by atoms with Crippen LogP contribution in [0, 0.1) is 5.92 Å². The summed E-state index contributed by atoms with van der Waals surface area (Å²) in [6.45, 7) is 11.2. The van der Waals surface area contributed by atoms with Gasteiger partial charge in [0.1, 0.15) is 0 Å². The second-order valence-corrected chi connectivity index (χ2v) is 6.50. The van der Waals surface area contributed by atoms with E-state index >= 15 is 0 Å². The molecule has 4 nitrogen and oxygen atoms in total. The van der Waals surface area contributed by atoms with Gasteiger partial charge in [-0.15, -0.1) is 0 Å². The number of methoxy groups -OCH3 is 1. The molecule has 1 aliphatic heterocycles. The number of likely N-dealkylation sites (tertiary alicyclic amines) is 1. The Morgan fingerprint density at radius 1 is 1.40 bits per heavy atom. The highest BCUT2D eigenvalue weighted by molar-refractivity contribution is 5.77. The zero-order chi connectivity index (χ0) is 15.2. The fraction of sp³-hybridized carbons (Fsp3) is 0.938. The van der Waals surface area contributed by atoms with Crippen LogP contribution in [0.4, 0.5) is 0 Å². The predicted molar refractivity (Wildman–Crippen MR) is 82.8 cm³/mol. The molecule has 0 spiro atoms. The Balaban J connectivity index is 2.53. The summed E-state index contributed by atoms with van der Waals surface area (Å²) in [7, 11) is 1.67. The van der Waals surface area contributed by atoms with E-state index in [4.69, 9.17) is 4.74 Å². The topological polar surface area (TPSA) is 41.6 Å². The molecule has 0 bridgehead atoms. The van der Waals surface area contributed by atoms with Gasteiger partial charge in [-0.2, -0.15) is 0 Å². The maximum absolute atomic E-state index is 12.4. The Hall–Kier alpha value is -0.610. The van der Waals surface area contributed by atoms with Crippen molar-refractivity contribution in [3.8, 4) is 0 Å². The van der Waals surface area contributed by atoms with Gasteiger partial charge in [-0.25, -0.2) is 0 Å². The Morgan fingerprint density at radius 2 is 2.10 bits per heavy atom. The Bertz CT molecular complexity index is 305. The van der Waals surface area contributed by atoms with E-state index < -0.39 is 0 Å². The molecule has 1 heterocycles. The smallest absolute Gasteiger partial charge is 0.225 e. The Morgan fingerprint density at radius 3 is 2.65 bits per heavy atom. The van der Waals surface area contributed by atoms with Gasteiger partial charge in [-0.1, -0.05) is 20.3 Å². The van der Waals surface area contributed by atoms with E-state index in [0.29, 0.717) is 18.4 Å². The number of hydrogen-bond donors (Lipinski definition) is 1. The minimum Gasteiger partial charge on any atom is -0.378 e. The van der Waals surface area contributed by atoms with E-state index in [1.807, 2.05) is 18.7 Å². The van der Waals surface area contributed by atoms with Gasteiger partial charge >= 0.3 is 0 Å². The highest BCUT2D eigenvalue weighted by Crippen LogP contribution is 2.23. The third kappa shape index (κ3) is 5.06.